The molecule has 1 aromatic carbocycles. The number of alkyl halides is 4. The highest BCUT2D eigenvalue weighted by Gasteiger charge is 2.62. The van der Waals surface area contributed by atoms with Gasteiger partial charge in [-0.15, -0.1) is 0 Å². The first kappa shape index (κ1) is 18.7. The third kappa shape index (κ3) is 3.19. The fourth-order valence-corrected chi connectivity index (χ4v) is 2.67. The maximum Gasteiger partial charge on any atom is 0.317 e. The zero-order valence-corrected chi connectivity index (χ0v) is 12.3. The molecule has 3 atom stereocenters. The lowest BCUT2D eigenvalue weighted by molar-refractivity contribution is -0.160. The van der Waals surface area contributed by atoms with Crippen LogP contribution in [0.1, 0.15) is 18.9 Å². The fourth-order valence-electron chi connectivity index (χ4n) is 2.24. The van der Waals surface area contributed by atoms with E-state index in [1.165, 1.54) is 0 Å². The van der Waals surface area contributed by atoms with Crippen LogP contribution in [-0.2, 0) is 21.2 Å². The van der Waals surface area contributed by atoms with Gasteiger partial charge in [0.2, 0.25) is 0 Å². The van der Waals surface area contributed by atoms with E-state index >= 15 is 0 Å². The molecule has 0 aliphatic rings. The van der Waals surface area contributed by atoms with Crippen molar-refractivity contribution in [2.24, 2.45) is 5.14 Å². The Balaban J connectivity index is 3.64. The number of aldehydes is 1. The van der Waals surface area contributed by atoms with Crippen molar-refractivity contribution in [3.05, 3.63) is 35.6 Å². The van der Waals surface area contributed by atoms with Gasteiger partial charge in [-0.1, -0.05) is 18.2 Å². The molecular weight excluding hydrogens is 329 g/mol. The molecule has 0 radical (unpaired) electrons. The number of halogens is 5. The van der Waals surface area contributed by atoms with E-state index in [2.05, 4.69) is 0 Å². The predicted molar refractivity (Wildman–Crippen MR) is 71.5 cm³/mol. The molecule has 2 N–H and O–H groups in total. The number of hydrogen-bond acceptors (Lipinski definition) is 2. The van der Waals surface area contributed by atoms with Crippen LogP contribution in [0.5, 0.6) is 0 Å². The molecule has 0 amide bonds. The Hall–Kier alpha value is -1.35. The van der Waals surface area contributed by atoms with Crippen LogP contribution < -0.4 is 5.14 Å². The van der Waals surface area contributed by atoms with Gasteiger partial charge in [0, 0.05) is 10.8 Å². The summed E-state index contributed by atoms with van der Waals surface area (Å²) < 4.78 is 80.3. The number of carbonyl (C=O) groups is 1. The number of benzene rings is 1. The number of rotatable bonds is 7. The van der Waals surface area contributed by atoms with Gasteiger partial charge in [-0.2, -0.15) is 8.78 Å². The van der Waals surface area contributed by atoms with Gasteiger partial charge in [-0.25, -0.2) is 17.4 Å². The van der Waals surface area contributed by atoms with Crippen LogP contribution in [0.25, 0.3) is 0 Å². The van der Waals surface area contributed by atoms with Crippen molar-refractivity contribution in [1.82, 2.24) is 0 Å². The van der Waals surface area contributed by atoms with E-state index in [0.717, 1.165) is 31.2 Å². The third-order valence-corrected chi connectivity index (χ3v) is 4.44. The molecular formula is C13H14F5NO2S. The van der Waals surface area contributed by atoms with E-state index in [1.54, 1.807) is 0 Å². The Labute approximate surface area is 126 Å². The first-order chi connectivity index (χ1) is 10.1. The second-order valence-corrected chi connectivity index (χ2v) is 6.30. The average Bonchev–Trinajstić information content (AvgIpc) is 2.44. The van der Waals surface area contributed by atoms with E-state index < -0.39 is 58.1 Å². The molecule has 2 unspecified atom stereocenters. The van der Waals surface area contributed by atoms with Crippen LogP contribution in [0.4, 0.5) is 22.0 Å². The first-order valence-corrected chi connectivity index (χ1v) is 7.40. The quantitative estimate of drug-likeness (QED) is 0.611. The highest BCUT2D eigenvalue weighted by atomic mass is 32.2. The van der Waals surface area contributed by atoms with Gasteiger partial charge in [0.05, 0.1) is 11.0 Å². The highest BCUT2D eigenvalue weighted by molar-refractivity contribution is 7.83. The average molecular weight is 343 g/mol. The lowest BCUT2D eigenvalue weighted by Gasteiger charge is -2.38. The maximum absolute atomic E-state index is 14.1. The van der Waals surface area contributed by atoms with Crippen LogP contribution in [0.15, 0.2) is 24.3 Å². The molecule has 3 nitrogen and oxygen atoms in total. The minimum absolute atomic E-state index is 0.734. The van der Waals surface area contributed by atoms with Crippen molar-refractivity contribution in [1.29, 1.82) is 0 Å². The molecule has 1 aromatic rings. The summed E-state index contributed by atoms with van der Waals surface area (Å²) in [6, 6.07) is 3.72. The van der Waals surface area contributed by atoms with E-state index in [-0.39, 0.29) is 0 Å². The highest BCUT2D eigenvalue weighted by Crippen LogP contribution is 2.48. The maximum atomic E-state index is 14.1. The Kier molecular flexibility index (Phi) is 5.80. The Bertz CT molecular complexity index is 569. The van der Waals surface area contributed by atoms with Gasteiger partial charge >= 0.3 is 5.92 Å². The van der Waals surface area contributed by atoms with Crippen molar-refractivity contribution < 1.29 is 31.0 Å². The standard InChI is InChI=1S/C13H14F5NO2S/c1-8(22(19)21)6-12(11(15)16,13(17,18)7-20)9-4-2-3-5-10(9)14/h2-5,7-8,11H,6,19H2,1H3/t8?,12-,22?/m0/s1. The molecule has 0 bridgehead atoms. The van der Waals surface area contributed by atoms with Crippen molar-refractivity contribution in [2.75, 3.05) is 0 Å². The van der Waals surface area contributed by atoms with Gasteiger partial charge in [0.15, 0.2) is 6.29 Å². The molecule has 1 rings (SSSR count). The Morgan fingerprint density at radius 1 is 1.32 bits per heavy atom. The van der Waals surface area contributed by atoms with Gasteiger partial charge < -0.3 is 0 Å². The summed E-state index contributed by atoms with van der Waals surface area (Å²) in [5.41, 5.74) is -4.46. The number of carbonyl (C=O) groups excluding carboxylic acids is 1. The topological polar surface area (TPSA) is 60.2 Å². The van der Waals surface area contributed by atoms with Gasteiger partial charge in [0.25, 0.3) is 6.43 Å². The first-order valence-electron chi connectivity index (χ1n) is 6.12. The van der Waals surface area contributed by atoms with Crippen LogP contribution in [0.3, 0.4) is 0 Å². The van der Waals surface area contributed by atoms with E-state index in [0.29, 0.717) is 0 Å². The summed E-state index contributed by atoms with van der Waals surface area (Å²) in [6.45, 7) is 1.11. The molecule has 0 aliphatic heterocycles. The summed E-state index contributed by atoms with van der Waals surface area (Å²) >= 11 is 0. The second-order valence-electron chi connectivity index (χ2n) is 4.84. The van der Waals surface area contributed by atoms with E-state index in [4.69, 9.17) is 5.14 Å². The molecule has 22 heavy (non-hydrogen) atoms. The molecule has 9 heteroatoms. The zero-order chi connectivity index (χ0) is 17.1. The van der Waals surface area contributed by atoms with Crippen molar-refractivity contribution in [2.45, 2.75) is 36.4 Å². The summed E-state index contributed by atoms with van der Waals surface area (Å²) in [6.07, 6.45) is -5.85. The Morgan fingerprint density at radius 2 is 1.86 bits per heavy atom. The zero-order valence-electron chi connectivity index (χ0n) is 11.4. The molecule has 0 fully saturated rings. The second kappa shape index (κ2) is 6.82. The normalized spacial score (nSPS) is 17.8. The van der Waals surface area contributed by atoms with Crippen molar-refractivity contribution in [3.63, 3.8) is 0 Å². The summed E-state index contributed by atoms with van der Waals surface area (Å²) in [5, 5.41) is 3.74. The van der Waals surface area contributed by atoms with Gasteiger partial charge in [0.1, 0.15) is 11.2 Å². The molecule has 0 aromatic heterocycles. The lowest BCUT2D eigenvalue weighted by atomic mass is 9.71. The molecule has 0 spiro atoms. The third-order valence-electron chi connectivity index (χ3n) is 3.48. The summed E-state index contributed by atoms with van der Waals surface area (Å²) in [5.74, 6) is -5.88. The molecule has 0 heterocycles. The number of hydrogen-bond donors (Lipinski definition) is 1. The minimum atomic E-state index is -4.57. The predicted octanol–water partition coefficient (Wildman–Crippen LogP) is 2.56. The fraction of sp³-hybridized carbons (Fsp3) is 0.462. The lowest BCUT2D eigenvalue weighted by Crippen LogP contribution is -2.54. The minimum Gasteiger partial charge on any atom is -0.297 e. The van der Waals surface area contributed by atoms with Gasteiger partial charge in [-0.3, -0.25) is 9.93 Å². The van der Waals surface area contributed by atoms with Crippen LogP contribution in [0.2, 0.25) is 0 Å². The molecule has 0 saturated heterocycles. The van der Waals surface area contributed by atoms with Crippen molar-refractivity contribution >= 4 is 17.3 Å². The van der Waals surface area contributed by atoms with Crippen LogP contribution >= 0.6 is 0 Å². The summed E-state index contributed by atoms with van der Waals surface area (Å²) in [4.78, 5) is 10.7. The molecule has 0 aliphatic carbocycles. The Morgan fingerprint density at radius 3 is 2.27 bits per heavy atom. The van der Waals surface area contributed by atoms with Crippen molar-refractivity contribution in [3.8, 4) is 0 Å². The summed E-state index contributed by atoms with van der Waals surface area (Å²) in [7, 11) is -2.20. The van der Waals surface area contributed by atoms with Gasteiger partial charge in [-0.05, 0) is 19.4 Å². The van der Waals surface area contributed by atoms with Crippen LogP contribution in [-0.4, -0.2) is 28.1 Å². The van der Waals surface area contributed by atoms with Crippen LogP contribution in [0, 0.1) is 5.82 Å². The van der Waals surface area contributed by atoms with E-state index in [9.17, 15) is 31.0 Å². The molecule has 124 valence electrons. The SMILES string of the molecule is CC(C[C@](c1ccccc1F)(C(F)F)C(F)(F)C=O)S(N)=O. The monoisotopic (exact) mass is 343 g/mol. The van der Waals surface area contributed by atoms with E-state index in [1.807, 2.05) is 0 Å². The smallest absolute Gasteiger partial charge is 0.297 e. The number of nitrogens with two attached hydrogens (primary N) is 1. The molecule has 0 saturated carbocycles. The largest absolute Gasteiger partial charge is 0.317 e.